The van der Waals surface area contributed by atoms with E-state index in [9.17, 15) is 14.4 Å². The van der Waals surface area contributed by atoms with Crippen LogP contribution in [0.15, 0.2) is 0 Å². The molecule has 0 aromatic heterocycles. The van der Waals surface area contributed by atoms with Crippen LogP contribution in [0, 0.1) is 11.8 Å². The van der Waals surface area contributed by atoms with Gasteiger partial charge in [-0.05, 0) is 6.42 Å². The molecule has 14 heavy (non-hydrogen) atoms. The Hall–Kier alpha value is -1.59. The van der Waals surface area contributed by atoms with E-state index in [1.807, 2.05) is 0 Å². The summed E-state index contributed by atoms with van der Waals surface area (Å²) in [7, 11) is 0. The zero-order valence-electron chi connectivity index (χ0n) is 7.42. The van der Waals surface area contributed by atoms with Crippen LogP contribution in [0.3, 0.4) is 0 Å². The maximum absolute atomic E-state index is 10.7. The molecular formula is C8H11NO5. The third kappa shape index (κ3) is 2.01. The molecule has 6 heteroatoms. The van der Waals surface area contributed by atoms with Crippen LogP contribution in [0.4, 0.5) is 0 Å². The van der Waals surface area contributed by atoms with E-state index in [2.05, 4.69) is 0 Å². The third-order valence-corrected chi connectivity index (χ3v) is 2.43. The Bertz CT molecular complexity index is 264. The molecule has 0 spiro atoms. The van der Waals surface area contributed by atoms with Gasteiger partial charge in [-0.2, -0.15) is 0 Å². The van der Waals surface area contributed by atoms with Gasteiger partial charge in [-0.25, -0.2) is 0 Å². The molecule has 2 atom stereocenters. The molecule has 1 amide bonds. The second-order valence-corrected chi connectivity index (χ2v) is 3.28. The minimum Gasteiger partial charge on any atom is -0.481 e. The number of carboxylic acids is 2. The highest BCUT2D eigenvalue weighted by atomic mass is 16.4. The molecule has 0 aliphatic carbocycles. The fraction of sp³-hybridized carbons (Fsp3) is 0.625. The van der Waals surface area contributed by atoms with Gasteiger partial charge in [0.2, 0.25) is 6.41 Å². The number of carboxylic acid groups (broad SMARTS) is 2. The molecule has 0 aromatic carbocycles. The van der Waals surface area contributed by atoms with E-state index in [1.54, 1.807) is 0 Å². The van der Waals surface area contributed by atoms with Gasteiger partial charge in [0.1, 0.15) is 0 Å². The Kier molecular flexibility index (Phi) is 3.06. The van der Waals surface area contributed by atoms with Gasteiger partial charge in [0.15, 0.2) is 0 Å². The molecule has 1 heterocycles. The smallest absolute Gasteiger partial charge is 0.309 e. The van der Waals surface area contributed by atoms with Crippen LogP contribution < -0.4 is 0 Å². The lowest BCUT2D eigenvalue weighted by atomic mass is 9.86. The minimum absolute atomic E-state index is 0.0181. The van der Waals surface area contributed by atoms with Gasteiger partial charge in [-0.15, -0.1) is 0 Å². The van der Waals surface area contributed by atoms with Crippen LogP contribution >= 0.6 is 0 Å². The zero-order chi connectivity index (χ0) is 10.7. The predicted molar refractivity (Wildman–Crippen MR) is 44.5 cm³/mol. The van der Waals surface area contributed by atoms with Crippen LogP contribution in [0.5, 0.6) is 0 Å². The van der Waals surface area contributed by atoms with Crippen LogP contribution in [-0.4, -0.2) is 46.6 Å². The van der Waals surface area contributed by atoms with Crippen molar-refractivity contribution in [3.63, 3.8) is 0 Å². The SMILES string of the molecule is O=CN1CCC(C(=O)O)C(C(=O)O)C1. The van der Waals surface area contributed by atoms with E-state index >= 15 is 0 Å². The summed E-state index contributed by atoms with van der Waals surface area (Å²) in [6.45, 7) is 0.292. The van der Waals surface area contributed by atoms with Crippen molar-refractivity contribution in [1.29, 1.82) is 0 Å². The number of hydrogen-bond donors (Lipinski definition) is 2. The van der Waals surface area contributed by atoms with Crippen molar-refractivity contribution in [1.82, 2.24) is 4.90 Å². The molecule has 2 unspecified atom stereocenters. The zero-order valence-corrected chi connectivity index (χ0v) is 7.42. The molecule has 0 bridgehead atoms. The molecule has 2 N–H and O–H groups in total. The molecule has 6 nitrogen and oxygen atoms in total. The van der Waals surface area contributed by atoms with Crippen LogP contribution in [0.25, 0.3) is 0 Å². The van der Waals surface area contributed by atoms with Crippen molar-refractivity contribution < 1.29 is 24.6 Å². The van der Waals surface area contributed by atoms with Gasteiger partial charge < -0.3 is 15.1 Å². The number of aliphatic carboxylic acids is 2. The largest absolute Gasteiger partial charge is 0.481 e. The average Bonchev–Trinajstić information content (AvgIpc) is 2.16. The molecule has 0 saturated carbocycles. The van der Waals surface area contributed by atoms with Gasteiger partial charge in [-0.1, -0.05) is 0 Å². The van der Waals surface area contributed by atoms with Gasteiger partial charge in [0.05, 0.1) is 11.8 Å². The average molecular weight is 201 g/mol. The maximum atomic E-state index is 10.7. The Morgan fingerprint density at radius 3 is 2.21 bits per heavy atom. The summed E-state index contributed by atoms with van der Waals surface area (Å²) >= 11 is 0. The second kappa shape index (κ2) is 4.08. The van der Waals surface area contributed by atoms with Crippen molar-refractivity contribution in [2.75, 3.05) is 13.1 Å². The Morgan fingerprint density at radius 1 is 1.21 bits per heavy atom. The highest BCUT2D eigenvalue weighted by Crippen LogP contribution is 2.23. The van der Waals surface area contributed by atoms with Crippen molar-refractivity contribution in [2.24, 2.45) is 11.8 Å². The van der Waals surface area contributed by atoms with E-state index in [1.165, 1.54) is 4.90 Å². The first-order valence-electron chi connectivity index (χ1n) is 4.21. The first-order valence-corrected chi connectivity index (χ1v) is 4.21. The van der Waals surface area contributed by atoms with Crippen LogP contribution in [-0.2, 0) is 14.4 Å². The van der Waals surface area contributed by atoms with Crippen molar-refractivity contribution in [3.8, 4) is 0 Å². The molecule has 1 saturated heterocycles. The van der Waals surface area contributed by atoms with Crippen LogP contribution in [0.2, 0.25) is 0 Å². The monoisotopic (exact) mass is 201 g/mol. The molecule has 1 rings (SSSR count). The topological polar surface area (TPSA) is 94.9 Å². The number of likely N-dealkylation sites (tertiary alicyclic amines) is 1. The summed E-state index contributed by atoms with van der Waals surface area (Å²) in [6, 6.07) is 0. The number of piperidine rings is 1. The normalized spacial score (nSPS) is 27.0. The number of nitrogens with zero attached hydrogens (tertiary/aromatic N) is 1. The Morgan fingerprint density at radius 2 is 1.79 bits per heavy atom. The fourth-order valence-electron chi connectivity index (χ4n) is 1.62. The van der Waals surface area contributed by atoms with E-state index in [4.69, 9.17) is 10.2 Å². The Labute approximate surface area is 80.1 Å². The summed E-state index contributed by atoms with van der Waals surface area (Å²) in [5.74, 6) is -4.15. The summed E-state index contributed by atoms with van der Waals surface area (Å²) < 4.78 is 0. The number of carbonyl (C=O) groups is 3. The number of amides is 1. The van der Waals surface area contributed by atoms with E-state index in [0.29, 0.717) is 13.0 Å². The minimum atomic E-state index is -1.16. The van der Waals surface area contributed by atoms with Gasteiger partial charge in [0, 0.05) is 13.1 Å². The van der Waals surface area contributed by atoms with Crippen LogP contribution in [0.1, 0.15) is 6.42 Å². The maximum Gasteiger partial charge on any atom is 0.309 e. The highest BCUT2D eigenvalue weighted by molar-refractivity contribution is 5.80. The summed E-state index contributed by atoms with van der Waals surface area (Å²) in [6.07, 6.45) is 0.749. The standard InChI is InChI=1S/C8H11NO5/c10-4-9-2-1-5(7(11)12)6(3-9)8(13)14/h4-6H,1-3H2,(H,11,12)(H,13,14). The molecule has 1 fully saturated rings. The number of rotatable bonds is 3. The van der Waals surface area contributed by atoms with E-state index in [0.717, 1.165) is 0 Å². The molecule has 0 aromatic rings. The Balaban J connectivity index is 2.75. The van der Waals surface area contributed by atoms with Crippen molar-refractivity contribution in [2.45, 2.75) is 6.42 Å². The second-order valence-electron chi connectivity index (χ2n) is 3.28. The predicted octanol–water partition coefficient (Wildman–Crippen LogP) is -0.750. The van der Waals surface area contributed by atoms with Crippen molar-refractivity contribution >= 4 is 18.3 Å². The lowest BCUT2D eigenvalue weighted by Crippen LogP contribution is -2.45. The van der Waals surface area contributed by atoms with Gasteiger partial charge in [-0.3, -0.25) is 14.4 Å². The first-order chi connectivity index (χ1) is 6.56. The molecule has 1 aliphatic heterocycles. The molecule has 0 radical (unpaired) electrons. The lowest BCUT2D eigenvalue weighted by Gasteiger charge is -2.31. The first kappa shape index (κ1) is 10.5. The number of carbonyl (C=O) groups excluding carboxylic acids is 1. The summed E-state index contributed by atoms with van der Waals surface area (Å²) in [4.78, 5) is 33.1. The van der Waals surface area contributed by atoms with Gasteiger partial charge >= 0.3 is 11.9 Å². The van der Waals surface area contributed by atoms with Crippen molar-refractivity contribution in [3.05, 3.63) is 0 Å². The third-order valence-electron chi connectivity index (χ3n) is 2.43. The van der Waals surface area contributed by atoms with Gasteiger partial charge in [0.25, 0.3) is 0 Å². The quantitative estimate of drug-likeness (QED) is 0.586. The van der Waals surface area contributed by atoms with E-state index in [-0.39, 0.29) is 13.0 Å². The number of hydrogen-bond acceptors (Lipinski definition) is 3. The summed E-state index contributed by atoms with van der Waals surface area (Å²) in [5, 5.41) is 17.5. The molecular weight excluding hydrogens is 190 g/mol. The fourth-order valence-corrected chi connectivity index (χ4v) is 1.62. The lowest BCUT2D eigenvalue weighted by molar-refractivity contribution is -0.157. The van der Waals surface area contributed by atoms with E-state index < -0.39 is 23.8 Å². The summed E-state index contributed by atoms with van der Waals surface area (Å²) in [5.41, 5.74) is 0. The highest BCUT2D eigenvalue weighted by Gasteiger charge is 2.38. The molecule has 78 valence electrons. The molecule has 1 aliphatic rings.